The molecule has 1 fully saturated rings. The fourth-order valence-corrected chi connectivity index (χ4v) is 3.16. The van der Waals surface area contributed by atoms with Gasteiger partial charge in [-0.25, -0.2) is 4.90 Å². The quantitative estimate of drug-likeness (QED) is 0.797. The molecule has 3 rings (SSSR count). The largest absolute Gasteiger partial charge is 0.326 e. The number of hydrogen-bond acceptors (Lipinski definition) is 3. The lowest BCUT2D eigenvalue weighted by Gasteiger charge is -2.26. The van der Waals surface area contributed by atoms with Gasteiger partial charge in [0.15, 0.2) is 0 Å². The van der Waals surface area contributed by atoms with Crippen molar-refractivity contribution in [3.8, 4) is 0 Å². The van der Waals surface area contributed by atoms with Gasteiger partial charge in [0.05, 0.1) is 12.1 Å². The molecule has 1 heterocycles. The number of aryl methyl sites for hydroxylation is 2. The molecule has 2 aromatic carbocycles. The second kappa shape index (κ2) is 7.12. The Morgan fingerprint density at radius 3 is 2.08 bits per heavy atom. The van der Waals surface area contributed by atoms with Gasteiger partial charge in [0.2, 0.25) is 11.8 Å². The average Bonchev–Trinajstić information content (AvgIpc) is 2.89. The van der Waals surface area contributed by atoms with Crippen LogP contribution in [0, 0.1) is 13.8 Å². The Labute approximate surface area is 153 Å². The second-order valence-corrected chi connectivity index (χ2v) is 6.76. The highest BCUT2D eigenvalue weighted by atomic mass is 16.2. The van der Waals surface area contributed by atoms with Crippen LogP contribution in [0.25, 0.3) is 0 Å². The van der Waals surface area contributed by atoms with E-state index in [1.54, 1.807) is 12.1 Å². The van der Waals surface area contributed by atoms with Crippen molar-refractivity contribution in [2.75, 3.05) is 4.90 Å². The summed E-state index contributed by atoms with van der Waals surface area (Å²) in [5.74, 6) is -0.845. The van der Waals surface area contributed by atoms with Gasteiger partial charge in [-0.15, -0.1) is 0 Å². The molecule has 1 unspecified atom stereocenters. The van der Waals surface area contributed by atoms with Crippen LogP contribution in [0.3, 0.4) is 0 Å². The van der Waals surface area contributed by atoms with Gasteiger partial charge in [-0.3, -0.25) is 14.4 Å². The van der Waals surface area contributed by atoms with Gasteiger partial charge < -0.3 is 4.90 Å². The predicted octanol–water partition coefficient (Wildman–Crippen LogP) is 2.98. The maximum absolute atomic E-state index is 12.9. The SMILES string of the molecule is CC(=O)N(Cc1ccc(C)cc1)C1CC(=O)N(c2ccc(C)cc2)C1=O. The lowest BCUT2D eigenvalue weighted by atomic mass is 10.1. The van der Waals surface area contributed by atoms with Gasteiger partial charge in [0.1, 0.15) is 6.04 Å². The van der Waals surface area contributed by atoms with Gasteiger partial charge in [-0.2, -0.15) is 0 Å². The van der Waals surface area contributed by atoms with E-state index in [-0.39, 0.29) is 24.1 Å². The zero-order valence-corrected chi connectivity index (χ0v) is 15.2. The minimum absolute atomic E-state index is 0.0121. The molecule has 0 radical (unpaired) electrons. The molecule has 5 nitrogen and oxygen atoms in total. The molecule has 1 atom stereocenters. The van der Waals surface area contributed by atoms with Crippen LogP contribution in [0.15, 0.2) is 48.5 Å². The first-order valence-electron chi connectivity index (χ1n) is 8.63. The molecule has 26 heavy (non-hydrogen) atoms. The first-order chi connectivity index (χ1) is 12.4. The fraction of sp³-hybridized carbons (Fsp3) is 0.286. The van der Waals surface area contributed by atoms with E-state index in [1.165, 1.54) is 16.7 Å². The molecule has 5 heteroatoms. The van der Waals surface area contributed by atoms with Gasteiger partial charge in [0.25, 0.3) is 5.91 Å². The number of amides is 3. The van der Waals surface area contributed by atoms with Crippen molar-refractivity contribution in [1.82, 2.24) is 4.90 Å². The molecule has 1 aliphatic rings. The van der Waals surface area contributed by atoms with Crippen molar-refractivity contribution >= 4 is 23.4 Å². The third-order valence-electron chi connectivity index (χ3n) is 4.67. The maximum Gasteiger partial charge on any atom is 0.257 e. The molecule has 1 saturated heterocycles. The highest BCUT2D eigenvalue weighted by molar-refractivity contribution is 6.22. The van der Waals surface area contributed by atoms with Crippen molar-refractivity contribution < 1.29 is 14.4 Å². The topological polar surface area (TPSA) is 57.7 Å². The van der Waals surface area contributed by atoms with E-state index in [0.29, 0.717) is 12.2 Å². The summed E-state index contributed by atoms with van der Waals surface area (Å²) in [5, 5.41) is 0. The Hall–Kier alpha value is -2.95. The summed E-state index contributed by atoms with van der Waals surface area (Å²) in [7, 11) is 0. The normalized spacial score (nSPS) is 16.9. The van der Waals surface area contributed by atoms with Crippen molar-refractivity contribution in [1.29, 1.82) is 0 Å². The number of anilines is 1. The molecule has 2 aromatic rings. The summed E-state index contributed by atoms with van der Waals surface area (Å²) in [4.78, 5) is 40.2. The molecule has 134 valence electrons. The average molecular weight is 350 g/mol. The van der Waals surface area contributed by atoms with Crippen LogP contribution >= 0.6 is 0 Å². The van der Waals surface area contributed by atoms with Crippen LogP contribution in [-0.4, -0.2) is 28.7 Å². The summed E-state index contributed by atoms with van der Waals surface area (Å²) in [6.07, 6.45) is 0.0121. The molecular formula is C21H22N2O3. The summed E-state index contributed by atoms with van der Waals surface area (Å²) < 4.78 is 0. The predicted molar refractivity (Wildman–Crippen MR) is 99.5 cm³/mol. The van der Waals surface area contributed by atoms with Crippen LogP contribution in [-0.2, 0) is 20.9 Å². The lowest BCUT2D eigenvalue weighted by Crippen LogP contribution is -2.44. The van der Waals surface area contributed by atoms with E-state index in [9.17, 15) is 14.4 Å². The first kappa shape index (κ1) is 17.9. The highest BCUT2D eigenvalue weighted by Crippen LogP contribution is 2.27. The fourth-order valence-electron chi connectivity index (χ4n) is 3.16. The molecule has 0 aromatic heterocycles. The van der Waals surface area contributed by atoms with Crippen LogP contribution in [0.4, 0.5) is 5.69 Å². The van der Waals surface area contributed by atoms with E-state index < -0.39 is 6.04 Å². The Kier molecular flexibility index (Phi) is 4.89. The van der Waals surface area contributed by atoms with Gasteiger partial charge in [0, 0.05) is 13.5 Å². The van der Waals surface area contributed by atoms with E-state index in [4.69, 9.17) is 0 Å². The van der Waals surface area contributed by atoms with Crippen LogP contribution in [0.5, 0.6) is 0 Å². The van der Waals surface area contributed by atoms with E-state index in [2.05, 4.69) is 0 Å². The third-order valence-corrected chi connectivity index (χ3v) is 4.67. The highest BCUT2D eigenvalue weighted by Gasteiger charge is 2.43. The number of carbonyl (C=O) groups excluding carboxylic acids is 3. The summed E-state index contributed by atoms with van der Waals surface area (Å²) >= 11 is 0. The van der Waals surface area contributed by atoms with E-state index in [0.717, 1.165) is 16.7 Å². The summed E-state index contributed by atoms with van der Waals surface area (Å²) in [6.45, 7) is 5.67. The molecule has 0 bridgehead atoms. The van der Waals surface area contributed by atoms with Crippen LogP contribution in [0.1, 0.15) is 30.0 Å². The second-order valence-electron chi connectivity index (χ2n) is 6.76. The molecule has 3 amide bonds. The summed E-state index contributed by atoms with van der Waals surface area (Å²) in [6, 6.07) is 14.3. The van der Waals surface area contributed by atoms with Crippen LogP contribution in [0.2, 0.25) is 0 Å². The van der Waals surface area contributed by atoms with Crippen molar-refractivity contribution in [3.63, 3.8) is 0 Å². The number of hydrogen-bond donors (Lipinski definition) is 0. The smallest absolute Gasteiger partial charge is 0.257 e. The number of nitrogens with zero attached hydrogens (tertiary/aromatic N) is 2. The molecule has 0 N–H and O–H groups in total. The first-order valence-corrected chi connectivity index (χ1v) is 8.63. The zero-order chi connectivity index (χ0) is 18.8. The maximum atomic E-state index is 12.9. The molecular weight excluding hydrogens is 328 g/mol. The van der Waals surface area contributed by atoms with Gasteiger partial charge >= 0.3 is 0 Å². The number of benzene rings is 2. The number of imide groups is 1. The van der Waals surface area contributed by atoms with Gasteiger partial charge in [-0.1, -0.05) is 47.5 Å². The van der Waals surface area contributed by atoms with Crippen molar-refractivity contribution in [2.45, 2.75) is 39.8 Å². The molecule has 0 saturated carbocycles. The third kappa shape index (κ3) is 3.52. The van der Waals surface area contributed by atoms with Gasteiger partial charge in [-0.05, 0) is 31.5 Å². The Bertz CT molecular complexity index is 841. The van der Waals surface area contributed by atoms with Crippen molar-refractivity contribution in [3.05, 3.63) is 65.2 Å². The molecule has 0 aliphatic carbocycles. The zero-order valence-electron chi connectivity index (χ0n) is 15.2. The van der Waals surface area contributed by atoms with E-state index >= 15 is 0 Å². The Morgan fingerprint density at radius 1 is 1.00 bits per heavy atom. The number of rotatable bonds is 4. The van der Waals surface area contributed by atoms with Crippen LogP contribution < -0.4 is 4.90 Å². The number of carbonyl (C=O) groups is 3. The Balaban J connectivity index is 1.85. The minimum Gasteiger partial charge on any atom is -0.326 e. The van der Waals surface area contributed by atoms with E-state index in [1.807, 2.05) is 50.2 Å². The van der Waals surface area contributed by atoms with Crippen molar-refractivity contribution in [2.24, 2.45) is 0 Å². The Morgan fingerprint density at radius 2 is 1.54 bits per heavy atom. The standard InChI is InChI=1S/C21H22N2O3/c1-14-4-8-17(9-5-14)13-22(16(3)24)19-12-20(25)23(21(19)26)18-10-6-15(2)7-11-18/h4-11,19H,12-13H2,1-3H3. The lowest BCUT2D eigenvalue weighted by molar-refractivity contribution is -0.137. The minimum atomic E-state index is -0.761. The molecule has 0 spiro atoms. The summed E-state index contributed by atoms with van der Waals surface area (Å²) in [5.41, 5.74) is 3.65. The monoisotopic (exact) mass is 350 g/mol. The molecule has 1 aliphatic heterocycles.